The topological polar surface area (TPSA) is 75.3 Å². The Hall–Kier alpha value is -1.86. The van der Waals surface area contributed by atoms with Gasteiger partial charge in [-0.2, -0.15) is 0 Å². The van der Waals surface area contributed by atoms with Crippen LogP contribution in [0.25, 0.3) is 0 Å². The van der Waals surface area contributed by atoms with Crippen molar-refractivity contribution in [2.75, 3.05) is 16.3 Å². The quantitative estimate of drug-likeness (QED) is 0.781. The van der Waals surface area contributed by atoms with Gasteiger partial charge in [-0.15, -0.1) is 11.3 Å². The number of anilines is 2. The lowest BCUT2D eigenvalue weighted by Crippen LogP contribution is -2.11. The van der Waals surface area contributed by atoms with E-state index in [1.165, 1.54) is 10.4 Å². The van der Waals surface area contributed by atoms with Gasteiger partial charge in [0.2, 0.25) is 10.0 Å². The highest BCUT2D eigenvalue weighted by Crippen LogP contribution is 2.25. The summed E-state index contributed by atoms with van der Waals surface area (Å²) in [5.41, 5.74) is 2.33. The minimum Gasteiger partial charge on any atom is -0.321 e. The minimum atomic E-state index is -3.30. The maximum atomic E-state index is 12.4. The minimum absolute atomic E-state index is 0.138. The van der Waals surface area contributed by atoms with E-state index in [1.54, 1.807) is 35.6 Å². The summed E-state index contributed by atoms with van der Waals surface area (Å²) in [4.78, 5) is 14.4. The van der Waals surface area contributed by atoms with E-state index in [9.17, 15) is 13.2 Å². The highest BCUT2D eigenvalue weighted by molar-refractivity contribution is 7.92. The summed E-state index contributed by atoms with van der Waals surface area (Å²) in [6.45, 7) is 4.22. The van der Waals surface area contributed by atoms with Crippen LogP contribution in [0.3, 0.4) is 0 Å². The average Bonchev–Trinajstić information content (AvgIpc) is 2.91. The van der Waals surface area contributed by atoms with Crippen LogP contribution in [-0.4, -0.2) is 20.6 Å². The maximum Gasteiger partial charge on any atom is 0.265 e. The first-order valence-electron chi connectivity index (χ1n) is 7.83. The molecule has 0 bridgehead atoms. The molecule has 0 radical (unpaired) electrons. The standard InChI is InChI=1S/C17H22N2O3S2/c1-4-6-15-12(5-2)11-16(23-15)17(20)18-13-7-9-14(10-8-13)19-24(3,21)22/h7-11,19H,4-6H2,1-3H3,(H,18,20). The van der Waals surface area contributed by atoms with Crippen LogP contribution >= 0.6 is 11.3 Å². The normalized spacial score (nSPS) is 11.3. The van der Waals surface area contributed by atoms with Gasteiger partial charge in [-0.1, -0.05) is 20.3 Å². The van der Waals surface area contributed by atoms with E-state index in [2.05, 4.69) is 23.9 Å². The lowest BCUT2D eigenvalue weighted by Gasteiger charge is -2.06. The average molecular weight is 367 g/mol. The lowest BCUT2D eigenvalue weighted by molar-refractivity contribution is 0.103. The molecule has 0 aliphatic carbocycles. The molecule has 0 saturated carbocycles. The number of sulfonamides is 1. The molecule has 24 heavy (non-hydrogen) atoms. The van der Waals surface area contributed by atoms with Gasteiger partial charge in [0.15, 0.2) is 0 Å². The molecule has 0 atom stereocenters. The van der Waals surface area contributed by atoms with Crippen molar-refractivity contribution < 1.29 is 13.2 Å². The van der Waals surface area contributed by atoms with Crippen LogP contribution in [-0.2, 0) is 22.9 Å². The Morgan fingerprint density at radius 3 is 2.29 bits per heavy atom. The first-order valence-corrected chi connectivity index (χ1v) is 10.5. The van der Waals surface area contributed by atoms with Crippen LogP contribution in [0.2, 0.25) is 0 Å². The summed E-state index contributed by atoms with van der Waals surface area (Å²) in [7, 11) is -3.30. The third-order valence-corrected chi connectivity index (χ3v) is 5.27. The molecule has 0 fully saturated rings. The fourth-order valence-corrected chi connectivity index (χ4v) is 4.16. The van der Waals surface area contributed by atoms with Gasteiger partial charge in [0, 0.05) is 16.3 Å². The van der Waals surface area contributed by atoms with Crippen LogP contribution in [0.1, 0.15) is 40.4 Å². The molecule has 1 aromatic heterocycles. The van der Waals surface area contributed by atoms with E-state index in [0.717, 1.165) is 25.5 Å². The molecular formula is C17H22N2O3S2. The summed E-state index contributed by atoms with van der Waals surface area (Å²) in [6, 6.07) is 8.54. The van der Waals surface area contributed by atoms with Crippen molar-refractivity contribution in [3.05, 3.63) is 45.6 Å². The molecule has 130 valence electrons. The number of thiophene rings is 1. The molecule has 2 rings (SSSR count). The molecule has 1 aromatic carbocycles. The highest BCUT2D eigenvalue weighted by atomic mass is 32.2. The van der Waals surface area contributed by atoms with Gasteiger partial charge >= 0.3 is 0 Å². The first kappa shape index (κ1) is 18.5. The predicted octanol–water partition coefficient (Wildman–Crippen LogP) is 3.89. The van der Waals surface area contributed by atoms with Gasteiger partial charge in [0.05, 0.1) is 11.1 Å². The molecule has 2 N–H and O–H groups in total. The van der Waals surface area contributed by atoms with Gasteiger partial charge < -0.3 is 5.32 Å². The number of carbonyl (C=O) groups is 1. The zero-order chi connectivity index (χ0) is 17.7. The van der Waals surface area contributed by atoms with Crippen LogP contribution in [0.4, 0.5) is 11.4 Å². The molecule has 0 aliphatic rings. The van der Waals surface area contributed by atoms with Gasteiger partial charge in [-0.25, -0.2) is 8.42 Å². The number of nitrogens with one attached hydrogen (secondary N) is 2. The monoisotopic (exact) mass is 366 g/mol. The Morgan fingerprint density at radius 1 is 1.12 bits per heavy atom. The van der Waals surface area contributed by atoms with Crippen molar-refractivity contribution in [2.24, 2.45) is 0 Å². The van der Waals surface area contributed by atoms with E-state index >= 15 is 0 Å². The van der Waals surface area contributed by atoms with Crippen molar-refractivity contribution in [3.63, 3.8) is 0 Å². The number of hydrogen-bond donors (Lipinski definition) is 2. The highest BCUT2D eigenvalue weighted by Gasteiger charge is 2.13. The van der Waals surface area contributed by atoms with Crippen molar-refractivity contribution in [1.82, 2.24) is 0 Å². The fraction of sp³-hybridized carbons (Fsp3) is 0.353. The van der Waals surface area contributed by atoms with Crippen molar-refractivity contribution in [1.29, 1.82) is 0 Å². The van der Waals surface area contributed by atoms with Crippen LogP contribution < -0.4 is 10.0 Å². The SMILES string of the molecule is CCCc1sc(C(=O)Nc2ccc(NS(C)(=O)=O)cc2)cc1CC. The number of carbonyl (C=O) groups excluding carboxylic acids is 1. The molecule has 5 nitrogen and oxygen atoms in total. The third-order valence-electron chi connectivity index (χ3n) is 3.42. The molecule has 1 heterocycles. The molecule has 0 spiro atoms. The second kappa shape index (κ2) is 7.81. The summed E-state index contributed by atoms with van der Waals surface area (Å²) >= 11 is 1.54. The second-order valence-corrected chi connectivity index (χ2v) is 8.45. The molecule has 2 aromatic rings. The van der Waals surface area contributed by atoms with Crippen molar-refractivity contribution in [3.8, 4) is 0 Å². The Bertz CT molecular complexity index is 809. The maximum absolute atomic E-state index is 12.4. The number of amides is 1. The zero-order valence-electron chi connectivity index (χ0n) is 14.0. The van der Waals surface area contributed by atoms with Crippen molar-refractivity contribution >= 4 is 38.6 Å². The third kappa shape index (κ3) is 5.07. The Balaban J connectivity index is 2.09. The summed E-state index contributed by atoms with van der Waals surface area (Å²) in [5.74, 6) is -0.138. The van der Waals surface area contributed by atoms with Gasteiger partial charge in [-0.05, 0) is 48.7 Å². The number of hydrogen-bond acceptors (Lipinski definition) is 4. The van der Waals surface area contributed by atoms with E-state index < -0.39 is 10.0 Å². The summed E-state index contributed by atoms with van der Waals surface area (Å²) < 4.78 is 24.8. The van der Waals surface area contributed by atoms with Crippen LogP contribution in [0.15, 0.2) is 30.3 Å². The zero-order valence-corrected chi connectivity index (χ0v) is 15.7. The van der Waals surface area contributed by atoms with E-state index in [1.807, 2.05) is 6.07 Å². The Kier molecular flexibility index (Phi) is 6.01. The van der Waals surface area contributed by atoms with E-state index in [0.29, 0.717) is 16.3 Å². The molecule has 1 amide bonds. The summed E-state index contributed by atoms with van der Waals surface area (Å²) in [5, 5.41) is 2.85. The number of rotatable bonds is 7. The Morgan fingerprint density at radius 2 is 1.75 bits per heavy atom. The molecule has 0 aliphatic heterocycles. The van der Waals surface area contributed by atoms with E-state index in [-0.39, 0.29) is 5.91 Å². The first-order chi connectivity index (χ1) is 11.3. The molecule has 0 saturated heterocycles. The van der Waals surface area contributed by atoms with Gasteiger partial charge in [-0.3, -0.25) is 9.52 Å². The van der Waals surface area contributed by atoms with E-state index in [4.69, 9.17) is 0 Å². The molecular weight excluding hydrogens is 344 g/mol. The van der Waals surface area contributed by atoms with Gasteiger partial charge in [0.25, 0.3) is 5.91 Å². The van der Waals surface area contributed by atoms with Crippen LogP contribution in [0.5, 0.6) is 0 Å². The lowest BCUT2D eigenvalue weighted by atomic mass is 10.1. The number of aryl methyl sites for hydroxylation is 2. The Labute approximate surface area is 147 Å². The smallest absolute Gasteiger partial charge is 0.265 e. The second-order valence-electron chi connectivity index (χ2n) is 5.57. The predicted molar refractivity (Wildman–Crippen MR) is 101 cm³/mol. The largest absolute Gasteiger partial charge is 0.321 e. The van der Waals surface area contributed by atoms with Crippen molar-refractivity contribution in [2.45, 2.75) is 33.1 Å². The molecule has 7 heteroatoms. The summed E-state index contributed by atoms with van der Waals surface area (Å²) in [6.07, 6.45) is 4.07. The van der Waals surface area contributed by atoms with Gasteiger partial charge in [0.1, 0.15) is 0 Å². The number of benzene rings is 1. The molecule has 0 unspecified atom stereocenters. The fourth-order valence-electron chi connectivity index (χ4n) is 2.34. The van der Waals surface area contributed by atoms with Crippen LogP contribution in [0, 0.1) is 0 Å².